The fourth-order valence-corrected chi connectivity index (χ4v) is 2.16. The Morgan fingerprint density at radius 3 is 1.94 bits per heavy atom. The van der Waals surface area contributed by atoms with Crippen LogP contribution in [0, 0.1) is 6.67 Å². The van der Waals surface area contributed by atoms with Crippen molar-refractivity contribution in [2.45, 2.75) is 19.5 Å². The van der Waals surface area contributed by atoms with Crippen LogP contribution >= 0.6 is 0 Å². The smallest absolute Gasteiger partial charge is 0.147 e. The fraction of sp³-hybridized carbons (Fsp3) is 0.357. The third-order valence-corrected chi connectivity index (χ3v) is 2.99. The molecule has 3 rings (SSSR count). The molecule has 0 aliphatic carbocycles. The van der Waals surface area contributed by atoms with Crippen LogP contribution in [0.2, 0.25) is 0 Å². The van der Waals surface area contributed by atoms with E-state index < -0.39 is 0 Å². The molecule has 2 aromatic heterocycles. The Balaban J connectivity index is 1.55. The Labute approximate surface area is 107 Å². The topological polar surface area (TPSA) is 32.8 Å². The van der Waals surface area contributed by atoms with Crippen LogP contribution in [-0.4, -0.2) is 22.9 Å². The van der Waals surface area contributed by atoms with Gasteiger partial charge in [0.15, 0.2) is 0 Å². The number of rotatable bonds is 4. The molecule has 1 aliphatic heterocycles. The summed E-state index contributed by atoms with van der Waals surface area (Å²) in [5.74, 6) is 1.95. The average molecular weight is 244 g/mol. The third kappa shape index (κ3) is 2.83. The molecule has 0 atom stereocenters. The quantitative estimate of drug-likeness (QED) is 0.827. The van der Waals surface area contributed by atoms with Gasteiger partial charge in [0, 0.05) is 13.1 Å². The molecule has 0 N–H and O–H groups in total. The van der Waals surface area contributed by atoms with Crippen LogP contribution in [-0.2, 0) is 13.1 Å². The summed E-state index contributed by atoms with van der Waals surface area (Å²) in [6.07, 6.45) is 4.55. The van der Waals surface area contributed by atoms with Crippen molar-refractivity contribution in [3.63, 3.8) is 0 Å². The first-order valence-electron chi connectivity index (χ1n) is 6.21. The molecule has 0 saturated carbocycles. The van der Waals surface area contributed by atoms with Crippen LogP contribution in [0.5, 0.6) is 0 Å². The molecule has 0 amide bonds. The molecule has 3 heterocycles. The second-order valence-electron chi connectivity index (χ2n) is 4.46. The zero-order valence-electron chi connectivity index (χ0n) is 10.2. The van der Waals surface area contributed by atoms with Crippen LogP contribution in [0.4, 0.5) is 0 Å². The van der Waals surface area contributed by atoms with Crippen molar-refractivity contribution in [1.29, 1.82) is 0 Å². The number of hydrogen-bond acceptors (Lipinski definition) is 4. The third-order valence-electron chi connectivity index (χ3n) is 2.99. The Bertz CT molecular complexity index is 408. The summed E-state index contributed by atoms with van der Waals surface area (Å²) in [5.41, 5.74) is 0. The van der Waals surface area contributed by atoms with E-state index in [1.807, 2.05) is 24.3 Å². The summed E-state index contributed by atoms with van der Waals surface area (Å²) in [5, 5.41) is 0. The standard InChI is InChI=1S/C14H16N2O2/c1-4-13(17-8-1)10-15-6-3-7-16(12-15)11-14-5-2-9-18-14/h1-2,4-5,8-9H,3,6-7,10-11H2. The second kappa shape index (κ2) is 5.42. The van der Waals surface area contributed by atoms with Crippen molar-refractivity contribution in [2.24, 2.45) is 0 Å². The highest BCUT2D eigenvalue weighted by atomic mass is 16.3. The maximum atomic E-state index is 5.36. The van der Waals surface area contributed by atoms with Gasteiger partial charge < -0.3 is 8.83 Å². The van der Waals surface area contributed by atoms with Gasteiger partial charge in [-0.1, -0.05) is 0 Å². The number of furan rings is 2. The minimum absolute atomic E-state index is 0.779. The summed E-state index contributed by atoms with van der Waals surface area (Å²) < 4.78 is 10.7. The predicted octanol–water partition coefficient (Wildman–Crippen LogP) is 2.58. The summed E-state index contributed by atoms with van der Waals surface area (Å²) in [7, 11) is 0. The van der Waals surface area contributed by atoms with Gasteiger partial charge in [-0.3, -0.25) is 9.80 Å². The first kappa shape index (κ1) is 11.6. The van der Waals surface area contributed by atoms with Crippen molar-refractivity contribution < 1.29 is 8.83 Å². The summed E-state index contributed by atoms with van der Waals surface area (Å²) in [4.78, 5) is 4.32. The van der Waals surface area contributed by atoms with Crippen LogP contribution in [0.3, 0.4) is 0 Å². The van der Waals surface area contributed by atoms with Crippen molar-refractivity contribution in [3.8, 4) is 0 Å². The van der Waals surface area contributed by atoms with Gasteiger partial charge in [-0.2, -0.15) is 0 Å². The molecule has 0 bridgehead atoms. The van der Waals surface area contributed by atoms with Gasteiger partial charge in [0.25, 0.3) is 0 Å². The van der Waals surface area contributed by atoms with E-state index >= 15 is 0 Å². The van der Waals surface area contributed by atoms with E-state index in [0.29, 0.717) is 0 Å². The van der Waals surface area contributed by atoms with Crippen LogP contribution < -0.4 is 0 Å². The molecule has 18 heavy (non-hydrogen) atoms. The molecular weight excluding hydrogens is 228 g/mol. The van der Waals surface area contributed by atoms with Gasteiger partial charge in [0.2, 0.25) is 0 Å². The molecule has 0 unspecified atom stereocenters. The van der Waals surface area contributed by atoms with Gasteiger partial charge >= 0.3 is 0 Å². The van der Waals surface area contributed by atoms with Crippen molar-refractivity contribution >= 4 is 0 Å². The monoisotopic (exact) mass is 244 g/mol. The lowest BCUT2D eigenvalue weighted by atomic mass is 10.2. The minimum Gasteiger partial charge on any atom is -0.468 e. The van der Waals surface area contributed by atoms with Gasteiger partial charge in [-0.25, -0.2) is 0 Å². The van der Waals surface area contributed by atoms with Gasteiger partial charge in [-0.15, -0.1) is 0 Å². The Hall–Kier alpha value is -1.52. The zero-order chi connectivity index (χ0) is 12.2. The highest BCUT2D eigenvalue weighted by Crippen LogP contribution is 2.17. The predicted molar refractivity (Wildman–Crippen MR) is 66.1 cm³/mol. The van der Waals surface area contributed by atoms with E-state index in [-0.39, 0.29) is 0 Å². The van der Waals surface area contributed by atoms with E-state index in [9.17, 15) is 0 Å². The van der Waals surface area contributed by atoms with Crippen molar-refractivity contribution in [2.75, 3.05) is 13.1 Å². The zero-order valence-corrected chi connectivity index (χ0v) is 10.2. The van der Waals surface area contributed by atoms with Gasteiger partial charge in [-0.05, 0) is 30.7 Å². The van der Waals surface area contributed by atoms with Crippen molar-refractivity contribution in [1.82, 2.24) is 9.80 Å². The molecule has 94 valence electrons. The Morgan fingerprint density at radius 1 is 0.944 bits per heavy atom. The minimum atomic E-state index is 0.779. The maximum Gasteiger partial charge on any atom is 0.147 e. The fourth-order valence-electron chi connectivity index (χ4n) is 2.16. The molecule has 0 aromatic carbocycles. The van der Waals surface area contributed by atoms with Crippen LogP contribution in [0.15, 0.2) is 45.6 Å². The second-order valence-corrected chi connectivity index (χ2v) is 4.46. The highest BCUT2D eigenvalue weighted by molar-refractivity contribution is 5.01. The molecule has 1 fully saturated rings. The van der Waals surface area contributed by atoms with E-state index in [4.69, 9.17) is 8.83 Å². The lowest BCUT2D eigenvalue weighted by molar-refractivity contribution is 0.123. The summed E-state index contributed by atoms with van der Waals surface area (Å²) in [6.45, 7) is 6.98. The van der Waals surface area contributed by atoms with E-state index in [1.165, 1.54) is 0 Å². The molecular formula is C14H16N2O2. The Kier molecular flexibility index (Phi) is 3.48. The number of nitrogens with zero attached hydrogens (tertiary/aromatic N) is 2. The number of hydrogen-bond donors (Lipinski definition) is 0. The maximum absolute atomic E-state index is 5.36. The van der Waals surface area contributed by atoms with Gasteiger partial charge in [0.1, 0.15) is 18.2 Å². The highest BCUT2D eigenvalue weighted by Gasteiger charge is 2.20. The molecule has 4 heteroatoms. The van der Waals surface area contributed by atoms with Crippen LogP contribution in [0.25, 0.3) is 0 Å². The van der Waals surface area contributed by atoms with E-state index in [0.717, 1.165) is 44.1 Å². The van der Waals surface area contributed by atoms with E-state index in [2.05, 4.69) is 16.5 Å². The SMILES string of the molecule is [C]1N(Cc2ccco2)CCCN1Cc1ccco1. The molecule has 0 spiro atoms. The summed E-state index contributed by atoms with van der Waals surface area (Å²) >= 11 is 0. The normalized spacial score (nSPS) is 18.2. The first-order valence-corrected chi connectivity index (χ1v) is 6.21. The lowest BCUT2D eigenvalue weighted by Gasteiger charge is -2.32. The first-order chi connectivity index (χ1) is 8.90. The van der Waals surface area contributed by atoms with Crippen LogP contribution in [0.1, 0.15) is 17.9 Å². The molecule has 2 aromatic rings. The largest absolute Gasteiger partial charge is 0.468 e. The van der Waals surface area contributed by atoms with Gasteiger partial charge in [0.05, 0.1) is 25.6 Å². The molecule has 1 saturated heterocycles. The lowest BCUT2D eigenvalue weighted by Crippen LogP contribution is -2.39. The Morgan fingerprint density at radius 2 is 1.50 bits per heavy atom. The summed E-state index contributed by atoms with van der Waals surface area (Å²) in [6, 6.07) is 7.82. The molecule has 2 radical (unpaired) electrons. The van der Waals surface area contributed by atoms with E-state index in [1.54, 1.807) is 12.5 Å². The molecule has 1 aliphatic rings. The molecule has 4 nitrogen and oxygen atoms in total. The van der Waals surface area contributed by atoms with Crippen molar-refractivity contribution in [3.05, 3.63) is 55.0 Å². The average Bonchev–Trinajstić information content (AvgIpc) is 3.03.